The van der Waals surface area contributed by atoms with Crippen LogP contribution >= 0.6 is 0 Å². The topological polar surface area (TPSA) is 70.6 Å². The maximum absolute atomic E-state index is 11.6. The molecule has 8 rings (SSSR count). The van der Waals surface area contributed by atoms with Crippen LogP contribution < -0.4 is 10.6 Å². The lowest BCUT2D eigenvalue weighted by Gasteiger charge is -2.72. The highest BCUT2D eigenvalue weighted by atomic mass is 16.5. The molecule has 0 radical (unpaired) electrons. The van der Waals surface area contributed by atoms with Gasteiger partial charge >= 0.3 is 5.97 Å². The third-order valence-corrected chi connectivity index (χ3v) is 17.5. The van der Waals surface area contributed by atoms with Gasteiger partial charge in [-0.15, -0.1) is 0 Å². The van der Waals surface area contributed by atoms with Gasteiger partial charge in [-0.3, -0.25) is 0 Å². The highest BCUT2D eigenvalue weighted by molar-refractivity contribution is 5.88. The first-order valence-electron chi connectivity index (χ1n) is 20.4. The van der Waals surface area contributed by atoms with Gasteiger partial charge in [-0.25, -0.2) is 4.79 Å². The quantitative estimate of drug-likeness (QED) is 0.229. The van der Waals surface area contributed by atoms with Crippen molar-refractivity contribution in [3.8, 4) is 0 Å². The molecule has 1 aromatic rings. The first-order chi connectivity index (χ1) is 23.3. The molecule has 5 saturated carbocycles. The molecule has 3 N–H and O–H groups in total. The third kappa shape index (κ3) is 5.12. The lowest BCUT2D eigenvalue weighted by molar-refractivity contribution is -0.221. The highest BCUT2D eigenvalue weighted by Gasteiger charge is 2.70. The third-order valence-electron chi connectivity index (χ3n) is 17.5. The summed E-state index contributed by atoms with van der Waals surface area (Å²) in [6.07, 6.45) is 16.4. The number of carboxylic acid groups (broad SMARTS) is 1. The zero-order chi connectivity index (χ0) is 34.6. The average Bonchev–Trinajstić information content (AvgIpc) is 3.56. The molecule has 6 aliphatic carbocycles. The molecule has 270 valence electrons. The van der Waals surface area contributed by atoms with E-state index < -0.39 is 5.97 Å². The Morgan fingerprint density at radius 3 is 2.37 bits per heavy atom. The monoisotopic (exact) mass is 671 g/mol. The summed E-state index contributed by atoms with van der Waals surface area (Å²) in [4.78, 5) is 11.6. The van der Waals surface area contributed by atoms with Gasteiger partial charge in [0.25, 0.3) is 0 Å². The van der Waals surface area contributed by atoms with Crippen molar-refractivity contribution in [3.05, 3.63) is 41.5 Å². The van der Waals surface area contributed by atoms with Crippen LogP contribution in [-0.2, 0) is 4.74 Å². The molecule has 1 aliphatic heterocycles. The van der Waals surface area contributed by atoms with E-state index >= 15 is 0 Å². The number of fused-ring (bicyclic) bond motifs is 8. The molecule has 0 bridgehead atoms. The minimum Gasteiger partial charge on any atom is -0.478 e. The van der Waals surface area contributed by atoms with Crippen molar-refractivity contribution in [2.45, 2.75) is 124 Å². The molecule has 12 atom stereocenters. The van der Waals surface area contributed by atoms with Gasteiger partial charge in [0.05, 0.1) is 18.3 Å². The van der Waals surface area contributed by atoms with E-state index in [0.29, 0.717) is 34.0 Å². The lowest BCUT2D eigenvalue weighted by Crippen LogP contribution is -2.68. The van der Waals surface area contributed by atoms with E-state index in [2.05, 4.69) is 77.3 Å². The maximum Gasteiger partial charge on any atom is 0.335 e. The van der Waals surface area contributed by atoms with E-state index in [1.165, 1.54) is 68.9 Å². The summed E-state index contributed by atoms with van der Waals surface area (Å²) >= 11 is 0. The van der Waals surface area contributed by atoms with Crippen molar-refractivity contribution in [1.29, 1.82) is 0 Å². The van der Waals surface area contributed by atoms with E-state index in [1.807, 2.05) is 0 Å². The maximum atomic E-state index is 11.6. The molecule has 0 spiro atoms. The fourth-order valence-electron chi connectivity index (χ4n) is 14.7. The van der Waals surface area contributed by atoms with Crippen LogP contribution in [0.4, 0.5) is 0 Å². The number of carbonyl (C=O) groups is 1. The lowest BCUT2D eigenvalue weighted by atomic mass is 9.33. The molecule has 5 nitrogen and oxygen atoms in total. The van der Waals surface area contributed by atoms with E-state index in [9.17, 15) is 9.90 Å². The zero-order valence-corrected chi connectivity index (χ0v) is 31.7. The molecule has 5 heteroatoms. The first-order valence-corrected chi connectivity index (χ1v) is 20.4. The number of rotatable bonds is 9. The van der Waals surface area contributed by atoms with Crippen LogP contribution in [0, 0.1) is 69.0 Å². The standard InChI is InChI=1S/C44H66N2O3/c1-27(2)31-14-19-44(46-23-22-45-25-35-32-24-30(32)26-49-35)21-20-42(6)34(38(31)44)12-13-37-41(5)17-15-33(28-8-10-29(11-9-28)39(47)48)40(3,4)36(41)16-18-43(37,42)7/h8-11,15,27,30-32,34-38,45-46H,12-14,16-26H2,1-7H3,(H,47,48)/t30-,31-,32?,34+,35+,36-,37+,38+,41-,42+,43+,44-/m0/s1. The minimum absolute atomic E-state index is 0.0505. The van der Waals surface area contributed by atoms with Crippen molar-refractivity contribution in [1.82, 2.24) is 10.6 Å². The van der Waals surface area contributed by atoms with Crippen LogP contribution in [0.1, 0.15) is 129 Å². The number of ether oxygens (including phenoxy) is 1. The molecule has 49 heavy (non-hydrogen) atoms. The van der Waals surface area contributed by atoms with Gasteiger partial charge in [0.1, 0.15) is 0 Å². The normalized spacial score (nSPS) is 46.2. The van der Waals surface area contributed by atoms with Crippen LogP contribution in [0.2, 0.25) is 0 Å². The molecule has 7 aliphatic rings. The number of benzene rings is 1. The molecule has 0 aromatic heterocycles. The minimum atomic E-state index is -0.849. The Morgan fingerprint density at radius 2 is 1.69 bits per heavy atom. The van der Waals surface area contributed by atoms with Gasteiger partial charge in [0.2, 0.25) is 0 Å². The molecular formula is C44H66N2O3. The van der Waals surface area contributed by atoms with Gasteiger partial charge in [-0.2, -0.15) is 0 Å². The first kappa shape index (κ1) is 34.4. The molecule has 1 saturated heterocycles. The second-order valence-corrected chi connectivity index (χ2v) is 19.9. The Hall–Kier alpha value is -1.69. The van der Waals surface area contributed by atoms with E-state index in [1.54, 1.807) is 12.1 Å². The van der Waals surface area contributed by atoms with Crippen LogP contribution in [-0.4, -0.2) is 49.0 Å². The summed E-state index contributed by atoms with van der Waals surface area (Å²) in [6.45, 7) is 22.4. The van der Waals surface area contributed by atoms with Gasteiger partial charge in [-0.1, -0.05) is 66.7 Å². The molecule has 1 aromatic carbocycles. The summed E-state index contributed by atoms with van der Waals surface area (Å²) in [5, 5.41) is 17.6. The Bertz CT molecular complexity index is 1470. The van der Waals surface area contributed by atoms with Gasteiger partial charge in [0, 0.05) is 25.2 Å². The largest absolute Gasteiger partial charge is 0.478 e. The van der Waals surface area contributed by atoms with Gasteiger partial charge < -0.3 is 20.5 Å². The number of allylic oxidation sites excluding steroid dienone is 2. The number of nitrogens with one attached hydrogen (secondary N) is 2. The van der Waals surface area contributed by atoms with Crippen molar-refractivity contribution in [2.24, 2.45) is 69.0 Å². The van der Waals surface area contributed by atoms with Crippen LogP contribution in [0.25, 0.3) is 5.57 Å². The second kappa shape index (κ2) is 11.9. The van der Waals surface area contributed by atoms with E-state index in [4.69, 9.17) is 4.74 Å². The summed E-state index contributed by atoms with van der Waals surface area (Å²) in [5.41, 5.74) is 4.36. The predicted molar refractivity (Wildman–Crippen MR) is 198 cm³/mol. The fourth-order valence-corrected chi connectivity index (χ4v) is 14.7. The number of carboxylic acids is 1. The molecular weight excluding hydrogens is 604 g/mol. The van der Waals surface area contributed by atoms with Crippen LogP contribution in [0.3, 0.4) is 0 Å². The van der Waals surface area contributed by atoms with E-state index in [-0.39, 0.29) is 10.8 Å². The Kier molecular flexibility index (Phi) is 8.37. The SMILES string of the molecule is CC(C)[C@@H]1CC[C@]2(NCCNC[C@H]3OC[C@@H]4CC43)CC[C@]3(C)[C@H](CC[C@@H]4[C@@]5(C)CC=C(c6ccc(C(=O)O)cc6)C(C)(C)[C@@H]5CC[C@]43C)[C@@H]12. The number of aromatic carboxylic acids is 1. The zero-order valence-electron chi connectivity index (χ0n) is 31.7. The van der Waals surface area contributed by atoms with Gasteiger partial charge in [-0.05, 0) is 156 Å². The molecule has 0 amide bonds. The molecule has 1 unspecified atom stereocenters. The van der Waals surface area contributed by atoms with Gasteiger partial charge in [0.15, 0.2) is 0 Å². The fraction of sp³-hybridized carbons (Fsp3) is 0.795. The highest BCUT2D eigenvalue weighted by Crippen LogP contribution is 2.76. The molecule has 6 fully saturated rings. The predicted octanol–water partition coefficient (Wildman–Crippen LogP) is 9.08. The van der Waals surface area contributed by atoms with Crippen molar-refractivity contribution < 1.29 is 14.6 Å². The Balaban J connectivity index is 1.02. The molecule has 1 heterocycles. The number of hydrogen-bond acceptors (Lipinski definition) is 4. The number of hydrogen-bond donors (Lipinski definition) is 3. The summed E-state index contributed by atoms with van der Waals surface area (Å²) in [6, 6.07) is 7.68. The van der Waals surface area contributed by atoms with Crippen LogP contribution in [0.5, 0.6) is 0 Å². The average molecular weight is 671 g/mol. The van der Waals surface area contributed by atoms with Crippen molar-refractivity contribution in [3.63, 3.8) is 0 Å². The Morgan fingerprint density at radius 1 is 0.918 bits per heavy atom. The van der Waals surface area contributed by atoms with Crippen LogP contribution in [0.15, 0.2) is 30.3 Å². The van der Waals surface area contributed by atoms with E-state index in [0.717, 1.165) is 74.1 Å². The second-order valence-electron chi connectivity index (χ2n) is 19.9. The van der Waals surface area contributed by atoms with Crippen molar-refractivity contribution >= 4 is 11.5 Å². The smallest absolute Gasteiger partial charge is 0.335 e. The van der Waals surface area contributed by atoms with Crippen molar-refractivity contribution in [2.75, 3.05) is 26.2 Å². The Labute approximate surface area is 297 Å². The summed E-state index contributed by atoms with van der Waals surface area (Å²) in [7, 11) is 0. The summed E-state index contributed by atoms with van der Waals surface area (Å²) in [5.74, 6) is 5.36. The summed E-state index contributed by atoms with van der Waals surface area (Å²) < 4.78 is 6.03.